The van der Waals surface area contributed by atoms with Crippen molar-refractivity contribution in [2.75, 3.05) is 33.0 Å². The summed E-state index contributed by atoms with van der Waals surface area (Å²) in [5.41, 5.74) is 0.793. The molecule has 2 heterocycles. The number of fused-ring (bicyclic) bond motifs is 1. The van der Waals surface area contributed by atoms with Crippen LogP contribution in [0.5, 0.6) is 11.5 Å². The highest BCUT2D eigenvalue weighted by Crippen LogP contribution is 2.32. The quantitative estimate of drug-likeness (QED) is 0.909. The van der Waals surface area contributed by atoms with E-state index in [0.29, 0.717) is 25.6 Å². The third-order valence-electron chi connectivity index (χ3n) is 3.61. The van der Waals surface area contributed by atoms with Crippen LogP contribution in [0.2, 0.25) is 0 Å². The summed E-state index contributed by atoms with van der Waals surface area (Å²) in [5, 5.41) is 10.2. The molecule has 1 unspecified atom stereocenters. The fourth-order valence-corrected chi connectivity index (χ4v) is 2.43. The predicted molar refractivity (Wildman–Crippen MR) is 72.2 cm³/mol. The van der Waals surface area contributed by atoms with Gasteiger partial charge in [-0.15, -0.1) is 0 Å². The Hall–Kier alpha value is -1.30. The maximum Gasteiger partial charge on any atom is 0.161 e. The molecule has 1 atom stereocenters. The van der Waals surface area contributed by atoms with Crippen molar-refractivity contribution >= 4 is 0 Å². The van der Waals surface area contributed by atoms with E-state index in [-0.39, 0.29) is 6.10 Å². The molecule has 1 aromatic carbocycles. The van der Waals surface area contributed by atoms with Crippen molar-refractivity contribution < 1.29 is 24.1 Å². The minimum atomic E-state index is -0.645. The maximum atomic E-state index is 10.2. The van der Waals surface area contributed by atoms with Gasteiger partial charge < -0.3 is 24.1 Å². The van der Waals surface area contributed by atoms with Gasteiger partial charge >= 0.3 is 0 Å². The molecule has 3 rings (SSSR count). The van der Waals surface area contributed by atoms with Gasteiger partial charge in [0, 0.05) is 13.2 Å². The fraction of sp³-hybridized carbons (Fsp3) is 0.600. The number of hydrogen-bond donors (Lipinski definition) is 1. The molecule has 0 bridgehead atoms. The van der Waals surface area contributed by atoms with Crippen LogP contribution in [0.4, 0.5) is 0 Å². The Morgan fingerprint density at radius 2 is 1.85 bits per heavy atom. The first-order valence-electron chi connectivity index (χ1n) is 7.10. The molecule has 20 heavy (non-hydrogen) atoms. The molecular formula is C15H20O5. The Labute approximate surface area is 118 Å². The molecule has 5 heteroatoms. The third-order valence-corrected chi connectivity index (χ3v) is 3.61. The summed E-state index contributed by atoms with van der Waals surface area (Å²) in [4.78, 5) is 0. The van der Waals surface area contributed by atoms with E-state index in [0.717, 1.165) is 37.4 Å². The summed E-state index contributed by atoms with van der Waals surface area (Å²) in [6.07, 6.45) is 1.34. The zero-order chi connectivity index (χ0) is 13.8. The van der Waals surface area contributed by atoms with E-state index >= 15 is 0 Å². The van der Waals surface area contributed by atoms with E-state index in [1.807, 2.05) is 18.2 Å². The summed E-state index contributed by atoms with van der Waals surface area (Å²) in [5.74, 6) is 1.43. The summed E-state index contributed by atoms with van der Waals surface area (Å²) >= 11 is 0. The van der Waals surface area contributed by atoms with E-state index in [1.54, 1.807) is 0 Å². The van der Waals surface area contributed by atoms with Gasteiger partial charge in [-0.05, 0) is 30.5 Å². The smallest absolute Gasteiger partial charge is 0.161 e. The molecule has 2 aliphatic rings. The fourth-order valence-electron chi connectivity index (χ4n) is 2.43. The van der Waals surface area contributed by atoms with Gasteiger partial charge in [0.15, 0.2) is 11.5 Å². The molecule has 0 spiro atoms. The number of aliphatic hydroxyl groups excluding tert-OH is 1. The number of hydrogen-bond acceptors (Lipinski definition) is 5. The van der Waals surface area contributed by atoms with Crippen LogP contribution in [0.15, 0.2) is 18.2 Å². The average Bonchev–Trinajstić information content (AvgIpc) is 2.53. The topological polar surface area (TPSA) is 57.2 Å². The molecular weight excluding hydrogens is 260 g/mol. The Balaban J connectivity index is 1.57. The van der Waals surface area contributed by atoms with E-state index in [9.17, 15) is 5.11 Å². The first-order chi connectivity index (χ1) is 9.83. The van der Waals surface area contributed by atoms with Crippen LogP contribution in [0.3, 0.4) is 0 Å². The molecule has 1 saturated heterocycles. The first kappa shape index (κ1) is 13.7. The molecule has 2 aliphatic heterocycles. The molecule has 0 aliphatic carbocycles. The van der Waals surface area contributed by atoms with Crippen molar-refractivity contribution in [3.05, 3.63) is 23.8 Å². The molecule has 1 aromatic rings. The second kappa shape index (κ2) is 6.43. The zero-order valence-corrected chi connectivity index (χ0v) is 11.4. The Bertz CT molecular complexity index is 442. The van der Waals surface area contributed by atoms with Crippen LogP contribution in [-0.2, 0) is 9.47 Å². The largest absolute Gasteiger partial charge is 0.486 e. The second-order valence-corrected chi connectivity index (χ2v) is 5.06. The SMILES string of the molecule is OC(COC1CCOCC1)c1ccc2c(c1)OCCO2. The predicted octanol–water partition coefficient (Wildman–Crippen LogP) is 1.69. The van der Waals surface area contributed by atoms with Crippen LogP contribution in [0.25, 0.3) is 0 Å². The Kier molecular flexibility index (Phi) is 4.40. The maximum absolute atomic E-state index is 10.2. The molecule has 5 nitrogen and oxygen atoms in total. The molecule has 1 fully saturated rings. The normalized spacial score (nSPS) is 20.6. The van der Waals surface area contributed by atoms with Crippen LogP contribution in [-0.4, -0.2) is 44.2 Å². The molecule has 1 N–H and O–H groups in total. The van der Waals surface area contributed by atoms with Gasteiger partial charge in [-0.1, -0.05) is 6.07 Å². The van der Waals surface area contributed by atoms with E-state index in [2.05, 4.69) is 0 Å². The highest BCUT2D eigenvalue weighted by molar-refractivity contribution is 5.44. The van der Waals surface area contributed by atoms with Gasteiger partial charge in [0.1, 0.15) is 19.3 Å². The molecule has 0 radical (unpaired) electrons. The third kappa shape index (κ3) is 3.23. The highest BCUT2D eigenvalue weighted by atomic mass is 16.6. The van der Waals surface area contributed by atoms with Gasteiger partial charge in [-0.2, -0.15) is 0 Å². The van der Waals surface area contributed by atoms with Crippen molar-refractivity contribution in [3.8, 4) is 11.5 Å². The minimum Gasteiger partial charge on any atom is -0.486 e. The standard InChI is InChI=1S/C15H20O5/c16-13(10-20-12-3-5-17-6-4-12)11-1-2-14-15(9-11)19-8-7-18-14/h1-2,9,12-13,16H,3-8,10H2. The summed E-state index contributed by atoms with van der Waals surface area (Å²) in [7, 11) is 0. The van der Waals surface area contributed by atoms with Gasteiger partial charge in [0.25, 0.3) is 0 Å². The van der Waals surface area contributed by atoms with Crippen LogP contribution in [0, 0.1) is 0 Å². The van der Waals surface area contributed by atoms with Gasteiger partial charge in [-0.3, -0.25) is 0 Å². The second-order valence-electron chi connectivity index (χ2n) is 5.06. The summed E-state index contributed by atoms with van der Waals surface area (Å²) in [6.45, 7) is 2.90. The van der Waals surface area contributed by atoms with Crippen LogP contribution < -0.4 is 9.47 Å². The molecule has 110 valence electrons. The van der Waals surface area contributed by atoms with Crippen molar-refractivity contribution in [2.24, 2.45) is 0 Å². The monoisotopic (exact) mass is 280 g/mol. The average molecular weight is 280 g/mol. The summed E-state index contributed by atoms with van der Waals surface area (Å²) < 4.78 is 22.0. The molecule has 0 aromatic heterocycles. The van der Waals surface area contributed by atoms with Gasteiger partial charge in [0.2, 0.25) is 0 Å². The van der Waals surface area contributed by atoms with Crippen molar-refractivity contribution in [3.63, 3.8) is 0 Å². The highest BCUT2D eigenvalue weighted by Gasteiger charge is 2.18. The number of ether oxygens (including phenoxy) is 4. The van der Waals surface area contributed by atoms with Crippen molar-refractivity contribution in [1.82, 2.24) is 0 Å². The van der Waals surface area contributed by atoms with Crippen molar-refractivity contribution in [1.29, 1.82) is 0 Å². The van der Waals surface area contributed by atoms with E-state index < -0.39 is 6.10 Å². The van der Waals surface area contributed by atoms with Crippen LogP contribution in [0.1, 0.15) is 24.5 Å². The number of benzene rings is 1. The Morgan fingerprint density at radius 1 is 1.10 bits per heavy atom. The van der Waals surface area contributed by atoms with Gasteiger partial charge in [0.05, 0.1) is 12.7 Å². The number of aliphatic hydroxyl groups is 1. The number of rotatable bonds is 4. The lowest BCUT2D eigenvalue weighted by molar-refractivity contribution is -0.0598. The van der Waals surface area contributed by atoms with E-state index in [1.165, 1.54) is 0 Å². The lowest BCUT2D eigenvalue weighted by Crippen LogP contribution is -2.25. The lowest BCUT2D eigenvalue weighted by atomic mass is 10.1. The minimum absolute atomic E-state index is 0.190. The van der Waals surface area contributed by atoms with Crippen molar-refractivity contribution in [2.45, 2.75) is 25.0 Å². The van der Waals surface area contributed by atoms with E-state index in [4.69, 9.17) is 18.9 Å². The molecule has 0 saturated carbocycles. The van der Waals surface area contributed by atoms with Gasteiger partial charge in [-0.25, -0.2) is 0 Å². The molecule has 0 amide bonds. The zero-order valence-electron chi connectivity index (χ0n) is 11.4. The first-order valence-corrected chi connectivity index (χ1v) is 7.10. The lowest BCUT2D eigenvalue weighted by Gasteiger charge is -2.24. The summed E-state index contributed by atoms with van der Waals surface area (Å²) in [6, 6.07) is 5.51. The van der Waals surface area contributed by atoms with Crippen LogP contribution >= 0.6 is 0 Å². The Morgan fingerprint density at radius 3 is 2.65 bits per heavy atom.